The molecular weight excluding hydrogens is 399 g/mol. The zero-order valence-electron chi connectivity index (χ0n) is 7.72. The van der Waals surface area contributed by atoms with Crippen LogP contribution in [-0.2, 0) is 58.5 Å². The van der Waals surface area contributed by atoms with Gasteiger partial charge in [-0.3, -0.25) is 7.05 Å². The SMILES string of the molecule is C=C(OCC)C([CH2-])(C)N[CH2-].[W+2].[Y]. The van der Waals surface area contributed by atoms with Crippen molar-refractivity contribution in [2.45, 2.75) is 19.4 Å². The molecule has 0 rings (SSSR count). The van der Waals surface area contributed by atoms with Crippen molar-refractivity contribution in [3.63, 3.8) is 0 Å². The van der Waals surface area contributed by atoms with Crippen LogP contribution < -0.4 is 5.32 Å². The fourth-order valence-corrected chi connectivity index (χ4v) is 0.432. The smallest absolute Gasteiger partial charge is 0.500 e. The van der Waals surface area contributed by atoms with Crippen LogP contribution in [0.4, 0.5) is 0 Å². The van der Waals surface area contributed by atoms with E-state index < -0.39 is 5.54 Å². The summed E-state index contributed by atoms with van der Waals surface area (Å²) in [6, 6.07) is 0. The van der Waals surface area contributed by atoms with Crippen molar-refractivity contribution < 1.29 is 58.5 Å². The van der Waals surface area contributed by atoms with E-state index >= 15 is 0 Å². The van der Waals surface area contributed by atoms with Gasteiger partial charge in [0.2, 0.25) is 0 Å². The molecule has 1 atom stereocenters. The molecule has 0 saturated carbocycles. The zero-order valence-corrected chi connectivity index (χ0v) is 13.5. The molecule has 0 amide bonds. The van der Waals surface area contributed by atoms with Crippen LogP contribution in [0.3, 0.4) is 0 Å². The molecular formula is C8H15NOWY. The maximum absolute atomic E-state index is 5.14. The Kier molecular flexibility index (Phi) is 14.0. The summed E-state index contributed by atoms with van der Waals surface area (Å²) in [5, 5.41) is 2.74. The molecule has 0 fully saturated rings. The fourth-order valence-electron chi connectivity index (χ4n) is 0.432. The van der Waals surface area contributed by atoms with E-state index in [9.17, 15) is 0 Å². The molecule has 0 aromatic carbocycles. The Morgan fingerprint density at radius 3 is 2.33 bits per heavy atom. The molecule has 0 aromatic heterocycles. The van der Waals surface area contributed by atoms with Crippen LogP contribution in [0, 0.1) is 14.0 Å². The van der Waals surface area contributed by atoms with Crippen LogP contribution in [0.25, 0.3) is 0 Å². The summed E-state index contributed by atoms with van der Waals surface area (Å²) < 4.78 is 5.14. The zero-order chi connectivity index (χ0) is 8.20. The Bertz CT molecular complexity index is 128. The van der Waals surface area contributed by atoms with E-state index in [1.165, 1.54) is 0 Å². The van der Waals surface area contributed by atoms with E-state index in [4.69, 9.17) is 4.74 Å². The Balaban J connectivity index is -0.000000405. The largest absolute Gasteiger partial charge is 2.00 e. The Morgan fingerprint density at radius 2 is 2.08 bits per heavy atom. The van der Waals surface area contributed by atoms with E-state index in [2.05, 4.69) is 25.9 Å². The van der Waals surface area contributed by atoms with Crippen molar-refractivity contribution in [3.8, 4) is 0 Å². The van der Waals surface area contributed by atoms with E-state index in [1.807, 2.05) is 13.8 Å². The molecule has 2 nitrogen and oxygen atoms in total. The minimum atomic E-state index is -0.476. The molecule has 0 bridgehead atoms. The second-order valence-electron chi connectivity index (χ2n) is 2.37. The summed E-state index contributed by atoms with van der Waals surface area (Å²) in [4.78, 5) is 0. The maximum atomic E-state index is 5.14. The van der Waals surface area contributed by atoms with Gasteiger partial charge in [-0.25, -0.2) is 0 Å². The molecule has 0 spiro atoms. The predicted molar refractivity (Wildman–Crippen MR) is 43.0 cm³/mol. The van der Waals surface area contributed by atoms with Crippen molar-refractivity contribution in [2.75, 3.05) is 6.61 Å². The van der Waals surface area contributed by atoms with E-state index in [0.717, 1.165) is 0 Å². The molecule has 1 N–H and O–H groups in total. The van der Waals surface area contributed by atoms with Gasteiger partial charge in [0.25, 0.3) is 0 Å². The third-order valence-electron chi connectivity index (χ3n) is 1.32. The molecule has 0 aromatic rings. The van der Waals surface area contributed by atoms with Crippen molar-refractivity contribution >= 4 is 0 Å². The van der Waals surface area contributed by atoms with Crippen molar-refractivity contribution in [3.05, 3.63) is 26.3 Å². The van der Waals surface area contributed by atoms with Gasteiger partial charge in [0.15, 0.2) is 0 Å². The van der Waals surface area contributed by atoms with E-state index in [1.54, 1.807) is 0 Å². The Hall–Kier alpha value is 1.29. The first-order valence-corrected chi connectivity index (χ1v) is 3.26. The van der Waals surface area contributed by atoms with Gasteiger partial charge in [-0.1, -0.05) is 19.0 Å². The van der Waals surface area contributed by atoms with Crippen molar-refractivity contribution in [1.29, 1.82) is 0 Å². The first kappa shape index (κ1) is 19.0. The number of rotatable bonds is 4. The minimum Gasteiger partial charge on any atom is -0.500 e. The molecule has 67 valence electrons. The Morgan fingerprint density at radius 1 is 1.67 bits per heavy atom. The maximum Gasteiger partial charge on any atom is 2.00 e. The average molecular weight is 414 g/mol. The second-order valence-corrected chi connectivity index (χ2v) is 2.37. The van der Waals surface area contributed by atoms with Crippen LogP contribution in [0.1, 0.15) is 13.8 Å². The summed E-state index contributed by atoms with van der Waals surface area (Å²) >= 11 is 0. The van der Waals surface area contributed by atoms with Gasteiger partial charge in [-0.2, -0.15) is 0 Å². The molecule has 0 aliphatic rings. The minimum absolute atomic E-state index is 0. The van der Waals surface area contributed by atoms with Gasteiger partial charge in [0.1, 0.15) is 0 Å². The molecule has 0 aliphatic heterocycles. The number of hydrogen-bond donors (Lipinski definition) is 1. The molecule has 0 aliphatic carbocycles. The van der Waals surface area contributed by atoms with Crippen molar-refractivity contribution in [1.82, 2.24) is 5.32 Å². The summed E-state index contributed by atoms with van der Waals surface area (Å²) in [6.07, 6.45) is 0. The summed E-state index contributed by atoms with van der Waals surface area (Å²) in [6.45, 7) is 11.9. The standard InChI is InChI=1S/C8H15NO.W.Y/c1-6-10-7(2)8(3,4)9-5;;/h9H,2-3,5-6H2,1,4H3;;/q-2;+2;. The second kappa shape index (κ2) is 8.87. The summed E-state index contributed by atoms with van der Waals surface area (Å²) in [7, 11) is 3.51. The average Bonchev–Trinajstić information content (AvgIpc) is 1.89. The van der Waals surface area contributed by atoms with E-state index in [0.29, 0.717) is 12.4 Å². The summed E-state index contributed by atoms with van der Waals surface area (Å²) in [5.74, 6) is 0.616. The predicted octanol–water partition coefficient (Wildman–Crippen LogP) is 1.51. The Labute approximate surface area is 115 Å². The van der Waals surface area contributed by atoms with Gasteiger partial charge in [0, 0.05) is 32.7 Å². The molecule has 0 saturated heterocycles. The van der Waals surface area contributed by atoms with Crippen LogP contribution in [0.2, 0.25) is 0 Å². The van der Waals surface area contributed by atoms with Gasteiger partial charge in [0.05, 0.1) is 12.4 Å². The van der Waals surface area contributed by atoms with Crippen LogP contribution in [0.15, 0.2) is 12.3 Å². The topological polar surface area (TPSA) is 21.3 Å². The van der Waals surface area contributed by atoms with Crippen LogP contribution >= 0.6 is 0 Å². The van der Waals surface area contributed by atoms with Crippen LogP contribution in [-0.4, -0.2) is 12.1 Å². The van der Waals surface area contributed by atoms with Gasteiger partial charge >= 0.3 is 21.1 Å². The van der Waals surface area contributed by atoms with Gasteiger partial charge in [-0.15, -0.1) is 0 Å². The third kappa shape index (κ3) is 6.77. The number of ether oxygens (including phenoxy) is 1. The van der Waals surface area contributed by atoms with Gasteiger partial charge in [-0.05, 0) is 6.92 Å². The van der Waals surface area contributed by atoms with Crippen LogP contribution in [0.5, 0.6) is 0 Å². The molecule has 0 heterocycles. The van der Waals surface area contributed by atoms with Crippen molar-refractivity contribution in [2.24, 2.45) is 0 Å². The van der Waals surface area contributed by atoms with E-state index in [-0.39, 0.29) is 53.8 Å². The fraction of sp³-hybridized carbons (Fsp3) is 0.500. The first-order valence-electron chi connectivity index (χ1n) is 3.26. The monoisotopic (exact) mass is 414 g/mol. The quantitative estimate of drug-likeness (QED) is 0.557. The summed E-state index contributed by atoms with van der Waals surface area (Å²) in [5.41, 5.74) is -0.476. The normalized spacial score (nSPS) is 13.3. The third-order valence-corrected chi connectivity index (χ3v) is 1.32. The molecule has 1 unspecified atom stereocenters. The molecule has 12 heavy (non-hydrogen) atoms. The van der Waals surface area contributed by atoms with Gasteiger partial charge < -0.3 is 17.0 Å². The molecule has 1 radical (unpaired) electrons. The number of nitrogens with one attached hydrogen (secondary N) is 1. The first-order chi connectivity index (χ1) is 4.54. The number of hydrogen-bond acceptors (Lipinski definition) is 2. The molecule has 4 heteroatoms.